The molecule has 1 aliphatic rings. The summed E-state index contributed by atoms with van der Waals surface area (Å²) >= 11 is 0. The normalized spacial score (nSPS) is 15.3. The van der Waals surface area contributed by atoms with E-state index in [9.17, 15) is 9.59 Å². The number of anilines is 1. The maximum Gasteiger partial charge on any atom is 0.409 e. The number of nitrogens with two attached hydrogens (primary N) is 1. The average Bonchev–Trinajstić information content (AvgIpc) is 2.93. The maximum absolute atomic E-state index is 11.8. The summed E-state index contributed by atoms with van der Waals surface area (Å²) in [6.07, 6.45) is 1.45. The van der Waals surface area contributed by atoms with Gasteiger partial charge in [0.2, 0.25) is 0 Å². The van der Waals surface area contributed by atoms with Gasteiger partial charge in [0.05, 0.1) is 17.8 Å². The largest absolute Gasteiger partial charge is 0.450 e. The van der Waals surface area contributed by atoms with Crippen LogP contribution in [0.3, 0.4) is 0 Å². The van der Waals surface area contributed by atoms with Gasteiger partial charge in [0.15, 0.2) is 0 Å². The molecule has 0 saturated carbocycles. The van der Waals surface area contributed by atoms with Gasteiger partial charge in [-0.1, -0.05) is 0 Å². The first-order valence-electron chi connectivity index (χ1n) is 9.01. The molecule has 2 heterocycles. The number of aromatic amines is 1. The molecule has 1 aromatic heterocycles. The van der Waals surface area contributed by atoms with Crippen LogP contribution in [0.25, 0.3) is 10.9 Å². The lowest BCUT2D eigenvalue weighted by molar-refractivity contribution is 0.0979. The minimum absolute atomic E-state index is 0.241. The van der Waals surface area contributed by atoms with Gasteiger partial charge in [0, 0.05) is 24.5 Å². The molecular weight excluding hydrogens is 332 g/mol. The Bertz CT molecular complexity index is 835. The molecule has 1 saturated heterocycles. The topological polar surface area (TPSA) is 100 Å². The highest BCUT2D eigenvalue weighted by Crippen LogP contribution is 2.31. The SMILES string of the molecule is CCOC(=O)N1CCC(Nc2cc(C)cc3c(C)c(C(N)=O)[nH]c23)CC1. The van der Waals surface area contributed by atoms with Crippen LogP contribution < -0.4 is 11.1 Å². The second-order valence-corrected chi connectivity index (χ2v) is 6.83. The summed E-state index contributed by atoms with van der Waals surface area (Å²) in [5, 5.41) is 4.58. The molecule has 0 aliphatic carbocycles. The van der Waals surface area contributed by atoms with Crippen molar-refractivity contribution in [1.29, 1.82) is 0 Å². The summed E-state index contributed by atoms with van der Waals surface area (Å²) in [7, 11) is 0. The van der Waals surface area contributed by atoms with Crippen LogP contribution in [0.2, 0.25) is 0 Å². The highest BCUT2D eigenvalue weighted by Gasteiger charge is 2.24. The van der Waals surface area contributed by atoms with E-state index in [-0.39, 0.29) is 12.1 Å². The molecule has 7 nitrogen and oxygen atoms in total. The maximum atomic E-state index is 11.8. The molecule has 1 aromatic carbocycles. The van der Waals surface area contributed by atoms with Gasteiger partial charge < -0.3 is 25.7 Å². The number of fused-ring (bicyclic) bond motifs is 1. The molecule has 7 heteroatoms. The lowest BCUT2D eigenvalue weighted by Gasteiger charge is -2.32. The van der Waals surface area contributed by atoms with Crippen molar-refractivity contribution < 1.29 is 14.3 Å². The predicted octanol–water partition coefficient (Wildman–Crippen LogP) is 2.92. The molecule has 4 N–H and O–H groups in total. The van der Waals surface area contributed by atoms with Crippen LogP contribution in [0, 0.1) is 13.8 Å². The van der Waals surface area contributed by atoms with Crippen LogP contribution in [0.4, 0.5) is 10.5 Å². The minimum atomic E-state index is -0.454. The number of rotatable bonds is 4. The number of carbonyl (C=O) groups is 2. The fourth-order valence-corrected chi connectivity index (χ4v) is 3.57. The molecule has 0 atom stereocenters. The summed E-state index contributed by atoms with van der Waals surface area (Å²) in [5.74, 6) is -0.454. The number of likely N-dealkylation sites (tertiary alicyclic amines) is 1. The van der Waals surface area contributed by atoms with Crippen molar-refractivity contribution in [2.24, 2.45) is 5.73 Å². The number of carbonyl (C=O) groups excluding carboxylic acids is 2. The molecule has 140 valence electrons. The van der Waals surface area contributed by atoms with Crippen LogP contribution in [0.1, 0.15) is 41.4 Å². The molecule has 2 amide bonds. The summed E-state index contributed by atoms with van der Waals surface area (Å²) in [4.78, 5) is 28.4. The number of nitrogens with one attached hydrogen (secondary N) is 2. The summed E-state index contributed by atoms with van der Waals surface area (Å²) in [6.45, 7) is 7.48. The van der Waals surface area contributed by atoms with E-state index in [0.29, 0.717) is 25.4 Å². The summed E-state index contributed by atoms with van der Waals surface area (Å²) in [6, 6.07) is 4.38. The molecule has 2 aromatic rings. The van der Waals surface area contributed by atoms with Gasteiger partial charge in [-0.3, -0.25) is 4.79 Å². The number of primary amides is 1. The van der Waals surface area contributed by atoms with E-state index in [0.717, 1.165) is 40.6 Å². The number of piperidine rings is 1. The van der Waals surface area contributed by atoms with Crippen molar-refractivity contribution in [2.45, 2.75) is 39.7 Å². The van der Waals surface area contributed by atoms with Gasteiger partial charge in [0.25, 0.3) is 5.91 Å². The number of hydrogen-bond donors (Lipinski definition) is 3. The van der Waals surface area contributed by atoms with Gasteiger partial charge in [-0.25, -0.2) is 4.79 Å². The summed E-state index contributed by atoms with van der Waals surface area (Å²) < 4.78 is 5.06. The second-order valence-electron chi connectivity index (χ2n) is 6.83. The standard InChI is InChI=1S/C19H26N4O3/c1-4-26-19(25)23-7-5-13(6-8-23)21-15-10-11(2)9-14-12(3)16(18(20)24)22-17(14)15/h9-10,13,21-22H,4-8H2,1-3H3,(H2,20,24). The Balaban J connectivity index is 1.78. The lowest BCUT2D eigenvalue weighted by atomic mass is 10.0. The average molecular weight is 358 g/mol. The molecule has 1 aliphatic heterocycles. The van der Waals surface area contributed by atoms with Crippen LogP contribution in [-0.4, -0.2) is 47.6 Å². The fraction of sp³-hybridized carbons (Fsp3) is 0.474. The third-order valence-corrected chi connectivity index (χ3v) is 4.94. The second kappa shape index (κ2) is 7.27. The number of ether oxygens (including phenoxy) is 1. The molecule has 0 spiro atoms. The number of aryl methyl sites for hydroxylation is 2. The molecule has 0 unspecified atom stereocenters. The van der Waals surface area contributed by atoms with Crippen LogP contribution in [0.5, 0.6) is 0 Å². The van der Waals surface area contributed by atoms with Gasteiger partial charge in [-0.15, -0.1) is 0 Å². The van der Waals surface area contributed by atoms with Crippen molar-refractivity contribution >= 4 is 28.6 Å². The first-order valence-corrected chi connectivity index (χ1v) is 9.01. The highest BCUT2D eigenvalue weighted by atomic mass is 16.6. The predicted molar refractivity (Wildman–Crippen MR) is 102 cm³/mol. The monoisotopic (exact) mass is 358 g/mol. The number of amides is 2. The molecule has 0 bridgehead atoms. The zero-order chi connectivity index (χ0) is 18.8. The Morgan fingerprint density at radius 1 is 1.31 bits per heavy atom. The number of aromatic nitrogens is 1. The van der Waals surface area contributed by atoms with E-state index in [1.54, 1.807) is 4.90 Å². The van der Waals surface area contributed by atoms with E-state index in [1.807, 2.05) is 20.8 Å². The highest BCUT2D eigenvalue weighted by molar-refractivity contribution is 6.03. The van der Waals surface area contributed by atoms with Gasteiger partial charge >= 0.3 is 6.09 Å². The van der Waals surface area contributed by atoms with Crippen LogP contribution in [0.15, 0.2) is 12.1 Å². The first-order chi connectivity index (χ1) is 12.4. The van der Waals surface area contributed by atoms with Crippen molar-refractivity contribution in [2.75, 3.05) is 25.0 Å². The Kier molecular flexibility index (Phi) is 5.06. The Morgan fingerprint density at radius 3 is 2.62 bits per heavy atom. The molecule has 3 rings (SSSR count). The lowest BCUT2D eigenvalue weighted by Crippen LogP contribution is -2.42. The van der Waals surface area contributed by atoms with Gasteiger partial charge in [-0.2, -0.15) is 0 Å². The van der Waals surface area contributed by atoms with Crippen LogP contribution in [-0.2, 0) is 4.74 Å². The Morgan fingerprint density at radius 2 is 2.00 bits per heavy atom. The minimum Gasteiger partial charge on any atom is -0.450 e. The fourth-order valence-electron chi connectivity index (χ4n) is 3.57. The quantitative estimate of drug-likeness (QED) is 0.782. The van der Waals surface area contributed by atoms with E-state index < -0.39 is 5.91 Å². The van der Waals surface area contributed by atoms with Crippen LogP contribution >= 0.6 is 0 Å². The number of H-pyrrole nitrogens is 1. The Hall–Kier alpha value is -2.70. The third-order valence-electron chi connectivity index (χ3n) is 4.94. The smallest absolute Gasteiger partial charge is 0.409 e. The van der Waals surface area contributed by atoms with E-state index >= 15 is 0 Å². The summed E-state index contributed by atoms with van der Waals surface area (Å²) in [5.41, 5.74) is 9.77. The Labute approximate surface area is 152 Å². The van der Waals surface area contributed by atoms with Crippen molar-refractivity contribution in [3.05, 3.63) is 29.0 Å². The number of hydrogen-bond acceptors (Lipinski definition) is 4. The van der Waals surface area contributed by atoms with Crippen molar-refractivity contribution in [3.63, 3.8) is 0 Å². The zero-order valence-electron chi connectivity index (χ0n) is 15.5. The van der Waals surface area contributed by atoms with Crippen molar-refractivity contribution in [3.8, 4) is 0 Å². The van der Waals surface area contributed by atoms with Crippen molar-refractivity contribution in [1.82, 2.24) is 9.88 Å². The van der Waals surface area contributed by atoms with E-state index in [2.05, 4.69) is 22.4 Å². The van der Waals surface area contributed by atoms with E-state index in [1.165, 1.54) is 0 Å². The zero-order valence-corrected chi connectivity index (χ0v) is 15.5. The molecular formula is C19H26N4O3. The number of benzene rings is 1. The molecule has 26 heavy (non-hydrogen) atoms. The van der Waals surface area contributed by atoms with Gasteiger partial charge in [-0.05, 0) is 56.9 Å². The molecule has 0 radical (unpaired) electrons. The van der Waals surface area contributed by atoms with Gasteiger partial charge in [0.1, 0.15) is 5.69 Å². The number of nitrogens with zero attached hydrogens (tertiary/aromatic N) is 1. The van der Waals surface area contributed by atoms with E-state index in [4.69, 9.17) is 10.5 Å². The molecule has 1 fully saturated rings. The third kappa shape index (κ3) is 3.47. The first kappa shape index (κ1) is 18.1.